The number of para-hydroxylation sites is 1. The Hall–Kier alpha value is -3.82. The van der Waals surface area contributed by atoms with Gasteiger partial charge in [-0.3, -0.25) is 14.4 Å². The number of furan rings is 1. The van der Waals surface area contributed by atoms with Gasteiger partial charge in [0.05, 0.1) is 5.56 Å². The third-order valence-electron chi connectivity index (χ3n) is 5.74. The average Bonchev–Trinajstić information content (AvgIpc) is 3.26. The topological polar surface area (TPSA) is 91.7 Å². The van der Waals surface area contributed by atoms with Gasteiger partial charge >= 0.3 is 18.0 Å². The lowest BCUT2D eigenvalue weighted by Gasteiger charge is -2.31. The standard InChI is InChI=1S/C24H22F3N3O4/c25-24(26,27)17-5-3-6-18(13-17)29-22(32)21(31)28-14-15-8-10-30(11-9-15)23(33)20-12-16-4-1-2-7-19(16)34-20/h1-7,12-13,15H,8-11,14H2,(H,28,31)(H,29,32). The third-order valence-corrected chi connectivity index (χ3v) is 5.74. The van der Waals surface area contributed by atoms with E-state index >= 15 is 0 Å². The summed E-state index contributed by atoms with van der Waals surface area (Å²) in [7, 11) is 0. The highest BCUT2D eigenvalue weighted by molar-refractivity contribution is 6.39. The highest BCUT2D eigenvalue weighted by Gasteiger charge is 2.31. The molecule has 178 valence electrons. The van der Waals surface area contributed by atoms with Crippen LogP contribution in [0.15, 0.2) is 59.0 Å². The number of amides is 3. The van der Waals surface area contributed by atoms with Crippen LogP contribution in [-0.2, 0) is 15.8 Å². The average molecular weight is 473 g/mol. The molecular weight excluding hydrogens is 451 g/mol. The summed E-state index contributed by atoms with van der Waals surface area (Å²) in [6.45, 7) is 1.18. The molecule has 3 aromatic rings. The van der Waals surface area contributed by atoms with Gasteiger partial charge in [0.15, 0.2) is 5.76 Å². The van der Waals surface area contributed by atoms with Gasteiger partial charge in [-0.2, -0.15) is 13.2 Å². The van der Waals surface area contributed by atoms with Crippen molar-refractivity contribution < 1.29 is 32.0 Å². The van der Waals surface area contributed by atoms with Gasteiger partial charge < -0.3 is 20.0 Å². The molecule has 1 aliphatic heterocycles. The van der Waals surface area contributed by atoms with Crippen molar-refractivity contribution in [2.24, 2.45) is 5.92 Å². The normalized spacial score (nSPS) is 14.7. The summed E-state index contributed by atoms with van der Waals surface area (Å²) in [6, 6.07) is 13.1. The van der Waals surface area contributed by atoms with E-state index in [0.717, 1.165) is 23.6 Å². The van der Waals surface area contributed by atoms with Gasteiger partial charge in [-0.1, -0.05) is 24.3 Å². The van der Waals surface area contributed by atoms with Gasteiger partial charge in [0, 0.05) is 30.7 Å². The quantitative estimate of drug-likeness (QED) is 0.559. The van der Waals surface area contributed by atoms with Crippen molar-refractivity contribution >= 4 is 34.4 Å². The molecule has 0 aliphatic carbocycles. The van der Waals surface area contributed by atoms with Gasteiger partial charge in [-0.05, 0) is 49.1 Å². The minimum absolute atomic E-state index is 0.0602. The second kappa shape index (κ2) is 9.58. The molecule has 0 bridgehead atoms. The molecule has 10 heteroatoms. The lowest BCUT2D eigenvalue weighted by atomic mass is 9.96. The molecule has 0 saturated carbocycles. The minimum Gasteiger partial charge on any atom is -0.451 e. The van der Waals surface area contributed by atoms with Crippen LogP contribution in [0.3, 0.4) is 0 Å². The van der Waals surface area contributed by atoms with Gasteiger partial charge in [0.1, 0.15) is 5.58 Å². The maximum absolute atomic E-state index is 12.8. The Kier molecular flexibility index (Phi) is 6.58. The van der Waals surface area contributed by atoms with Crippen molar-refractivity contribution in [3.63, 3.8) is 0 Å². The van der Waals surface area contributed by atoms with Crippen LogP contribution in [0.5, 0.6) is 0 Å². The first-order valence-corrected chi connectivity index (χ1v) is 10.7. The number of hydrogen-bond acceptors (Lipinski definition) is 4. The van der Waals surface area contributed by atoms with Crippen LogP contribution in [0.2, 0.25) is 0 Å². The Morgan fingerprint density at radius 3 is 2.41 bits per heavy atom. The molecule has 0 spiro atoms. The molecule has 2 N–H and O–H groups in total. The summed E-state index contributed by atoms with van der Waals surface area (Å²) in [5, 5.41) is 5.55. The molecule has 0 atom stereocenters. The lowest BCUT2D eigenvalue weighted by Crippen LogP contribution is -2.43. The molecule has 1 fully saturated rings. The number of carbonyl (C=O) groups excluding carboxylic acids is 3. The number of rotatable bonds is 4. The van der Waals surface area contributed by atoms with E-state index in [1.165, 1.54) is 6.07 Å². The molecule has 1 aliphatic rings. The second-order valence-corrected chi connectivity index (χ2v) is 8.13. The second-order valence-electron chi connectivity index (χ2n) is 8.13. The number of halogens is 3. The SMILES string of the molecule is O=C(NCC1CCN(C(=O)c2cc3ccccc3o2)CC1)C(=O)Nc1cccc(C(F)(F)F)c1. The number of likely N-dealkylation sites (tertiary alicyclic amines) is 1. The van der Waals surface area contributed by atoms with Crippen LogP contribution in [0.4, 0.5) is 18.9 Å². The first-order valence-electron chi connectivity index (χ1n) is 10.7. The zero-order chi connectivity index (χ0) is 24.3. The Morgan fingerprint density at radius 2 is 1.71 bits per heavy atom. The van der Waals surface area contributed by atoms with Crippen LogP contribution in [0, 0.1) is 5.92 Å². The van der Waals surface area contributed by atoms with Crippen LogP contribution < -0.4 is 10.6 Å². The molecule has 7 nitrogen and oxygen atoms in total. The maximum Gasteiger partial charge on any atom is 0.416 e. The van der Waals surface area contributed by atoms with Gasteiger partial charge in [0.2, 0.25) is 0 Å². The molecule has 1 saturated heterocycles. The van der Waals surface area contributed by atoms with Gasteiger partial charge in [-0.15, -0.1) is 0 Å². The zero-order valence-electron chi connectivity index (χ0n) is 18.0. The van der Waals surface area contributed by atoms with Crippen LogP contribution >= 0.6 is 0 Å². The lowest BCUT2D eigenvalue weighted by molar-refractivity contribution is -0.137. The van der Waals surface area contributed by atoms with Crippen molar-refractivity contribution in [1.29, 1.82) is 0 Å². The van der Waals surface area contributed by atoms with Crippen molar-refractivity contribution in [2.75, 3.05) is 25.0 Å². The number of fused-ring (bicyclic) bond motifs is 1. The number of nitrogens with one attached hydrogen (secondary N) is 2. The van der Waals surface area contributed by atoms with E-state index in [4.69, 9.17) is 4.42 Å². The summed E-state index contributed by atoms with van der Waals surface area (Å²) in [5.74, 6) is -1.83. The van der Waals surface area contributed by atoms with Crippen molar-refractivity contribution in [2.45, 2.75) is 19.0 Å². The summed E-state index contributed by atoms with van der Waals surface area (Å²) >= 11 is 0. The number of benzene rings is 2. The third kappa shape index (κ3) is 5.38. The maximum atomic E-state index is 12.8. The molecule has 34 heavy (non-hydrogen) atoms. The van der Waals surface area contributed by atoms with Gasteiger partial charge in [-0.25, -0.2) is 0 Å². The number of alkyl halides is 3. The smallest absolute Gasteiger partial charge is 0.416 e. The minimum atomic E-state index is -4.55. The monoisotopic (exact) mass is 473 g/mol. The summed E-state index contributed by atoms with van der Waals surface area (Å²) in [4.78, 5) is 38.6. The zero-order valence-corrected chi connectivity index (χ0v) is 18.0. The summed E-state index contributed by atoms with van der Waals surface area (Å²) in [5.41, 5.74) is -0.395. The number of anilines is 1. The highest BCUT2D eigenvalue weighted by Crippen LogP contribution is 2.30. The van der Waals surface area contributed by atoms with E-state index in [-0.39, 0.29) is 29.8 Å². The first kappa shape index (κ1) is 23.3. The van der Waals surface area contributed by atoms with Crippen LogP contribution in [0.1, 0.15) is 29.0 Å². The highest BCUT2D eigenvalue weighted by atomic mass is 19.4. The van der Waals surface area contributed by atoms with E-state index < -0.39 is 23.6 Å². The summed E-state index contributed by atoms with van der Waals surface area (Å²) in [6.07, 6.45) is -3.30. The first-order chi connectivity index (χ1) is 16.2. The van der Waals surface area contributed by atoms with Crippen LogP contribution in [0.25, 0.3) is 11.0 Å². The van der Waals surface area contributed by atoms with E-state index in [2.05, 4.69) is 10.6 Å². The van der Waals surface area contributed by atoms with E-state index in [0.29, 0.717) is 31.5 Å². The molecule has 0 unspecified atom stereocenters. The molecular formula is C24H22F3N3O4. The predicted molar refractivity (Wildman–Crippen MR) is 118 cm³/mol. The fraction of sp³-hybridized carbons (Fsp3) is 0.292. The Balaban J connectivity index is 1.24. The molecule has 0 radical (unpaired) electrons. The number of piperidine rings is 1. The Bertz CT molecular complexity index is 1180. The van der Waals surface area contributed by atoms with Crippen molar-refractivity contribution in [3.05, 3.63) is 65.9 Å². The predicted octanol–water partition coefficient (Wildman–Crippen LogP) is 4.06. The fourth-order valence-corrected chi connectivity index (χ4v) is 3.86. The molecule has 2 heterocycles. The molecule has 3 amide bonds. The van der Waals surface area contributed by atoms with E-state index in [1.54, 1.807) is 17.0 Å². The number of nitrogens with zero attached hydrogens (tertiary/aromatic N) is 1. The molecule has 1 aromatic heterocycles. The largest absolute Gasteiger partial charge is 0.451 e. The van der Waals surface area contributed by atoms with Crippen molar-refractivity contribution in [1.82, 2.24) is 10.2 Å². The number of carbonyl (C=O) groups is 3. The van der Waals surface area contributed by atoms with Crippen molar-refractivity contribution in [3.8, 4) is 0 Å². The van der Waals surface area contributed by atoms with Crippen LogP contribution in [-0.4, -0.2) is 42.3 Å². The van der Waals surface area contributed by atoms with E-state index in [1.807, 2.05) is 18.2 Å². The van der Waals surface area contributed by atoms with Gasteiger partial charge in [0.25, 0.3) is 5.91 Å². The Morgan fingerprint density at radius 1 is 0.971 bits per heavy atom. The molecule has 4 rings (SSSR count). The Labute approximate surface area is 192 Å². The van der Waals surface area contributed by atoms with E-state index in [9.17, 15) is 27.6 Å². The molecule has 2 aromatic carbocycles. The fourth-order valence-electron chi connectivity index (χ4n) is 3.86. The summed E-state index contributed by atoms with van der Waals surface area (Å²) < 4.78 is 44.0. The number of hydrogen-bond donors (Lipinski definition) is 2.